The molecular weight excluding hydrogens is 156 g/mol. The number of aliphatic hydroxyl groups excluding tert-OH is 1. The number of aryl methyl sites for hydroxylation is 1. The lowest BCUT2D eigenvalue weighted by Gasteiger charge is -2.05. The van der Waals surface area contributed by atoms with Crippen LogP contribution in [0.15, 0.2) is 4.79 Å². The van der Waals surface area contributed by atoms with Crippen LogP contribution in [0.5, 0.6) is 0 Å². The molecule has 1 aromatic rings. The van der Waals surface area contributed by atoms with E-state index in [4.69, 9.17) is 5.11 Å². The molecule has 1 rings (SSSR count). The number of aromatic nitrogens is 2. The number of nitrogens with one attached hydrogen (secondary N) is 1. The van der Waals surface area contributed by atoms with Crippen molar-refractivity contribution in [1.82, 2.24) is 9.55 Å². The third-order valence-corrected chi connectivity index (χ3v) is 1.93. The fraction of sp³-hybridized carbons (Fsp3) is 0.625. The van der Waals surface area contributed by atoms with Crippen LogP contribution in [0.4, 0.5) is 0 Å². The van der Waals surface area contributed by atoms with Crippen molar-refractivity contribution >= 4 is 0 Å². The van der Waals surface area contributed by atoms with Crippen LogP contribution < -0.4 is 5.69 Å². The van der Waals surface area contributed by atoms with Crippen LogP contribution in [-0.4, -0.2) is 20.8 Å². The lowest BCUT2D eigenvalue weighted by molar-refractivity contribution is 0.171. The molecule has 0 saturated carbocycles. The molecule has 68 valence electrons. The minimum Gasteiger partial charge on any atom is -0.392 e. The van der Waals surface area contributed by atoms with Gasteiger partial charge >= 0.3 is 5.69 Å². The van der Waals surface area contributed by atoms with E-state index < -0.39 is 6.10 Å². The molecule has 0 aliphatic rings. The Bertz CT molecular complexity index is 322. The van der Waals surface area contributed by atoms with Gasteiger partial charge in [0.2, 0.25) is 0 Å². The highest BCUT2D eigenvalue weighted by molar-refractivity contribution is 5.08. The van der Waals surface area contributed by atoms with Crippen LogP contribution in [-0.2, 0) is 6.54 Å². The van der Waals surface area contributed by atoms with Gasteiger partial charge in [0.05, 0.1) is 12.6 Å². The van der Waals surface area contributed by atoms with Crippen molar-refractivity contribution in [2.75, 3.05) is 0 Å². The number of hydrogen-bond acceptors (Lipinski definition) is 2. The van der Waals surface area contributed by atoms with E-state index in [-0.39, 0.29) is 5.69 Å². The third-order valence-electron chi connectivity index (χ3n) is 1.93. The zero-order chi connectivity index (χ0) is 9.30. The lowest BCUT2D eigenvalue weighted by Crippen LogP contribution is -2.23. The standard InChI is InChI=1S/C8H14N2O2/c1-5(11)4-10-7(3)6(2)9-8(10)12/h5,11H,4H2,1-3H3,(H,9,12). The van der Waals surface area contributed by atoms with Crippen molar-refractivity contribution in [3.63, 3.8) is 0 Å². The molecule has 1 unspecified atom stereocenters. The maximum Gasteiger partial charge on any atom is 0.325 e. The van der Waals surface area contributed by atoms with E-state index >= 15 is 0 Å². The average Bonchev–Trinajstić information content (AvgIpc) is 2.16. The normalized spacial score (nSPS) is 13.3. The van der Waals surface area contributed by atoms with E-state index in [1.54, 1.807) is 11.5 Å². The quantitative estimate of drug-likeness (QED) is 0.665. The summed E-state index contributed by atoms with van der Waals surface area (Å²) in [6.07, 6.45) is -0.489. The highest BCUT2D eigenvalue weighted by atomic mass is 16.3. The van der Waals surface area contributed by atoms with Crippen molar-refractivity contribution in [3.8, 4) is 0 Å². The summed E-state index contributed by atoms with van der Waals surface area (Å²) in [5.41, 5.74) is 1.60. The molecule has 0 aliphatic carbocycles. The maximum atomic E-state index is 11.2. The molecule has 0 saturated heterocycles. The average molecular weight is 170 g/mol. The van der Waals surface area contributed by atoms with Crippen LogP contribution in [0.1, 0.15) is 18.3 Å². The fourth-order valence-corrected chi connectivity index (χ4v) is 1.16. The second-order valence-electron chi connectivity index (χ2n) is 3.10. The summed E-state index contributed by atoms with van der Waals surface area (Å²) in [4.78, 5) is 13.9. The molecule has 0 aromatic carbocycles. The molecule has 0 spiro atoms. The van der Waals surface area contributed by atoms with Crippen LogP contribution in [0.25, 0.3) is 0 Å². The Hall–Kier alpha value is -1.03. The van der Waals surface area contributed by atoms with Gasteiger partial charge in [-0.25, -0.2) is 4.79 Å². The van der Waals surface area contributed by atoms with Crippen molar-refractivity contribution in [1.29, 1.82) is 0 Å². The zero-order valence-electron chi connectivity index (χ0n) is 7.59. The van der Waals surface area contributed by atoms with Gasteiger partial charge in [0, 0.05) is 11.4 Å². The van der Waals surface area contributed by atoms with Crippen LogP contribution >= 0.6 is 0 Å². The first-order chi connectivity index (χ1) is 5.52. The Balaban J connectivity index is 3.06. The van der Waals surface area contributed by atoms with Crippen LogP contribution in [0.3, 0.4) is 0 Å². The predicted molar refractivity (Wildman–Crippen MR) is 46.2 cm³/mol. The third kappa shape index (κ3) is 1.58. The van der Waals surface area contributed by atoms with Gasteiger partial charge in [-0.1, -0.05) is 0 Å². The van der Waals surface area contributed by atoms with Gasteiger partial charge in [0.25, 0.3) is 0 Å². The van der Waals surface area contributed by atoms with E-state index in [1.807, 2.05) is 13.8 Å². The van der Waals surface area contributed by atoms with Gasteiger partial charge in [-0.3, -0.25) is 4.57 Å². The number of imidazole rings is 1. The molecule has 12 heavy (non-hydrogen) atoms. The van der Waals surface area contributed by atoms with Gasteiger partial charge in [-0.15, -0.1) is 0 Å². The highest BCUT2D eigenvalue weighted by Crippen LogP contribution is 2.00. The second-order valence-corrected chi connectivity index (χ2v) is 3.10. The van der Waals surface area contributed by atoms with Crippen molar-refractivity contribution < 1.29 is 5.11 Å². The predicted octanol–water partition coefficient (Wildman–Crippen LogP) is 0.174. The van der Waals surface area contributed by atoms with Gasteiger partial charge < -0.3 is 10.1 Å². The molecule has 4 nitrogen and oxygen atoms in total. The molecule has 1 heterocycles. The molecule has 0 radical (unpaired) electrons. The Kier molecular flexibility index (Phi) is 2.38. The van der Waals surface area contributed by atoms with E-state index in [1.165, 1.54) is 0 Å². The molecule has 0 aliphatic heterocycles. The molecule has 4 heteroatoms. The number of nitrogens with zero attached hydrogens (tertiary/aromatic N) is 1. The fourth-order valence-electron chi connectivity index (χ4n) is 1.16. The summed E-state index contributed by atoms with van der Waals surface area (Å²) in [6.45, 7) is 5.72. The summed E-state index contributed by atoms with van der Waals surface area (Å²) < 4.78 is 1.54. The van der Waals surface area contributed by atoms with Crippen molar-refractivity contribution in [3.05, 3.63) is 21.9 Å². The van der Waals surface area contributed by atoms with Crippen LogP contribution in [0.2, 0.25) is 0 Å². The molecule has 0 fully saturated rings. The van der Waals surface area contributed by atoms with Crippen molar-refractivity contribution in [2.45, 2.75) is 33.4 Å². The van der Waals surface area contributed by atoms with Gasteiger partial charge in [-0.2, -0.15) is 0 Å². The summed E-state index contributed by atoms with van der Waals surface area (Å²) in [5, 5.41) is 9.09. The molecule has 0 amide bonds. The Morgan fingerprint density at radius 3 is 2.50 bits per heavy atom. The van der Waals surface area contributed by atoms with Crippen LogP contribution in [0, 0.1) is 13.8 Å². The Morgan fingerprint density at radius 2 is 2.17 bits per heavy atom. The Morgan fingerprint density at radius 1 is 1.58 bits per heavy atom. The molecule has 1 atom stereocenters. The summed E-state index contributed by atoms with van der Waals surface area (Å²) >= 11 is 0. The highest BCUT2D eigenvalue weighted by Gasteiger charge is 2.07. The first kappa shape index (κ1) is 9.06. The van der Waals surface area contributed by atoms with Gasteiger partial charge in [0.1, 0.15) is 0 Å². The SMILES string of the molecule is Cc1[nH]c(=O)n(CC(C)O)c1C. The number of H-pyrrole nitrogens is 1. The Labute approximate surface area is 70.9 Å². The monoisotopic (exact) mass is 170 g/mol. The number of hydrogen-bond donors (Lipinski definition) is 2. The van der Waals surface area contributed by atoms with Gasteiger partial charge in [0.15, 0.2) is 0 Å². The van der Waals surface area contributed by atoms with E-state index in [9.17, 15) is 4.79 Å². The topological polar surface area (TPSA) is 58.0 Å². The minimum absolute atomic E-state index is 0.147. The van der Waals surface area contributed by atoms with Crippen molar-refractivity contribution in [2.24, 2.45) is 0 Å². The van der Waals surface area contributed by atoms with Gasteiger partial charge in [-0.05, 0) is 20.8 Å². The minimum atomic E-state index is -0.489. The number of aliphatic hydroxyl groups is 1. The molecule has 0 bridgehead atoms. The van der Waals surface area contributed by atoms with E-state index in [0.29, 0.717) is 6.54 Å². The second kappa shape index (κ2) is 3.15. The molecule has 1 aromatic heterocycles. The zero-order valence-corrected chi connectivity index (χ0v) is 7.59. The number of aromatic amines is 1. The van der Waals surface area contributed by atoms with E-state index in [0.717, 1.165) is 11.4 Å². The molecular formula is C8H14N2O2. The summed E-state index contributed by atoms with van der Waals surface area (Å²) in [5.74, 6) is 0. The number of rotatable bonds is 2. The van der Waals surface area contributed by atoms with E-state index in [2.05, 4.69) is 4.98 Å². The molecule has 2 N–H and O–H groups in total. The first-order valence-electron chi connectivity index (χ1n) is 3.96. The largest absolute Gasteiger partial charge is 0.392 e. The summed E-state index contributed by atoms with van der Waals surface area (Å²) in [6, 6.07) is 0. The first-order valence-corrected chi connectivity index (χ1v) is 3.96. The maximum absolute atomic E-state index is 11.2. The summed E-state index contributed by atoms with van der Waals surface area (Å²) in [7, 11) is 0. The lowest BCUT2D eigenvalue weighted by atomic mass is 10.3. The smallest absolute Gasteiger partial charge is 0.325 e.